The molecule has 0 fully saturated rings. The molecule has 0 amide bonds. The topological polar surface area (TPSA) is 57.5 Å². The Balaban J connectivity index is 0.00000676. The van der Waals surface area contributed by atoms with E-state index in [9.17, 15) is 0 Å². The van der Waals surface area contributed by atoms with Crippen LogP contribution in [0.3, 0.4) is 0 Å². The number of aromatic nitrogens is 2. The average molecular weight is 492 g/mol. The molecule has 0 radical (unpaired) electrons. The van der Waals surface area contributed by atoms with Gasteiger partial charge in [0.1, 0.15) is 0 Å². The molecular formula is C20H41IN6. The van der Waals surface area contributed by atoms with Crippen molar-refractivity contribution < 1.29 is 0 Å². The zero-order chi connectivity index (χ0) is 19.5. The third-order valence-electron chi connectivity index (χ3n) is 4.82. The van der Waals surface area contributed by atoms with Gasteiger partial charge in [0.25, 0.3) is 0 Å². The molecule has 0 aliphatic carbocycles. The molecule has 1 heterocycles. The Kier molecular flexibility index (Phi) is 13.8. The predicted octanol–water partition coefficient (Wildman–Crippen LogP) is 3.43. The second kappa shape index (κ2) is 14.2. The van der Waals surface area contributed by atoms with Crippen molar-refractivity contribution in [3.05, 3.63) is 17.5 Å². The number of hydrogen-bond acceptors (Lipinski definition) is 3. The molecule has 27 heavy (non-hydrogen) atoms. The summed E-state index contributed by atoms with van der Waals surface area (Å²) in [4.78, 5) is 6.84. The van der Waals surface area contributed by atoms with E-state index in [1.165, 1.54) is 18.7 Å². The second-order valence-electron chi connectivity index (χ2n) is 7.38. The number of nitrogens with zero attached hydrogens (tertiary/aromatic N) is 4. The Hall–Kier alpha value is -0.830. The van der Waals surface area contributed by atoms with E-state index >= 15 is 0 Å². The Labute approximate surface area is 183 Å². The van der Waals surface area contributed by atoms with E-state index in [0.29, 0.717) is 12.0 Å². The standard InChI is InChI=1S/C20H40N6.HI/c1-8-25(9-2)12-10-11-17(4)23-20(21-7)22-14-16(3)15-26-19(6)13-18(5)24-26;/h13,16-17H,8-12,14-15H2,1-7H3,(H2,21,22,23);1H. The molecule has 158 valence electrons. The quantitative estimate of drug-likeness (QED) is 0.282. The zero-order valence-corrected chi connectivity index (χ0v) is 20.7. The third-order valence-corrected chi connectivity index (χ3v) is 4.82. The number of rotatable bonds is 11. The Morgan fingerprint density at radius 3 is 2.44 bits per heavy atom. The van der Waals surface area contributed by atoms with E-state index in [4.69, 9.17) is 0 Å². The first-order chi connectivity index (χ1) is 12.4. The molecule has 0 spiro atoms. The van der Waals surface area contributed by atoms with Crippen molar-refractivity contribution in [2.45, 2.75) is 67.0 Å². The van der Waals surface area contributed by atoms with E-state index in [1.54, 1.807) is 0 Å². The van der Waals surface area contributed by atoms with Crippen LogP contribution < -0.4 is 10.6 Å². The fourth-order valence-corrected chi connectivity index (χ4v) is 3.15. The molecule has 1 aromatic rings. The first-order valence-corrected chi connectivity index (χ1v) is 10.1. The maximum Gasteiger partial charge on any atom is 0.191 e. The molecular weight excluding hydrogens is 451 g/mol. The lowest BCUT2D eigenvalue weighted by Gasteiger charge is -2.22. The van der Waals surface area contributed by atoms with E-state index in [-0.39, 0.29) is 24.0 Å². The van der Waals surface area contributed by atoms with Gasteiger partial charge in [-0.25, -0.2) is 0 Å². The van der Waals surface area contributed by atoms with Gasteiger partial charge in [0.2, 0.25) is 0 Å². The highest BCUT2D eigenvalue weighted by Crippen LogP contribution is 2.06. The number of halogens is 1. The van der Waals surface area contributed by atoms with E-state index in [0.717, 1.165) is 44.3 Å². The van der Waals surface area contributed by atoms with E-state index in [1.807, 2.05) is 14.0 Å². The van der Waals surface area contributed by atoms with Crippen LogP contribution >= 0.6 is 24.0 Å². The largest absolute Gasteiger partial charge is 0.356 e. The summed E-state index contributed by atoms with van der Waals surface area (Å²) in [7, 11) is 1.84. The van der Waals surface area contributed by atoms with Gasteiger partial charge in [0.15, 0.2) is 5.96 Å². The minimum absolute atomic E-state index is 0. The molecule has 7 heteroatoms. The van der Waals surface area contributed by atoms with Gasteiger partial charge < -0.3 is 15.5 Å². The predicted molar refractivity (Wildman–Crippen MR) is 127 cm³/mol. The molecule has 2 atom stereocenters. The van der Waals surface area contributed by atoms with Crippen LogP contribution in [0.4, 0.5) is 0 Å². The second-order valence-corrected chi connectivity index (χ2v) is 7.38. The summed E-state index contributed by atoms with van der Waals surface area (Å²) in [5.41, 5.74) is 2.30. The molecule has 2 unspecified atom stereocenters. The highest BCUT2D eigenvalue weighted by molar-refractivity contribution is 14.0. The molecule has 0 aromatic carbocycles. The van der Waals surface area contributed by atoms with Crippen molar-refractivity contribution in [3.63, 3.8) is 0 Å². The monoisotopic (exact) mass is 492 g/mol. The van der Waals surface area contributed by atoms with Crippen LogP contribution in [-0.2, 0) is 6.54 Å². The normalized spacial score (nSPS) is 14.0. The first kappa shape index (κ1) is 26.2. The maximum absolute atomic E-state index is 4.55. The van der Waals surface area contributed by atoms with Gasteiger partial charge in [-0.3, -0.25) is 9.67 Å². The van der Waals surface area contributed by atoms with Gasteiger partial charge in [0, 0.05) is 31.9 Å². The van der Waals surface area contributed by atoms with Gasteiger partial charge in [0.05, 0.1) is 5.69 Å². The van der Waals surface area contributed by atoms with Gasteiger partial charge >= 0.3 is 0 Å². The van der Waals surface area contributed by atoms with Gasteiger partial charge in [-0.1, -0.05) is 20.8 Å². The molecule has 1 rings (SSSR count). The van der Waals surface area contributed by atoms with Crippen LogP contribution in [0, 0.1) is 19.8 Å². The lowest BCUT2D eigenvalue weighted by molar-refractivity contribution is 0.292. The van der Waals surface area contributed by atoms with Gasteiger partial charge in [-0.05, 0) is 65.2 Å². The summed E-state index contributed by atoms with van der Waals surface area (Å²) < 4.78 is 2.09. The van der Waals surface area contributed by atoms with E-state index < -0.39 is 0 Å². The molecule has 2 N–H and O–H groups in total. The van der Waals surface area contributed by atoms with Crippen LogP contribution in [0.5, 0.6) is 0 Å². The summed E-state index contributed by atoms with van der Waals surface area (Å²) in [6.07, 6.45) is 2.36. The number of aliphatic imine (C=N–C) groups is 1. The Morgan fingerprint density at radius 1 is 1.26 bits per heavy atom. The molecule has 0 aliphatic rings. The summed E-state index contributed by atoms with van der Waals surface area (Å²) in [6, 6.07) is 2.55. The van der Waals surface area contributed by atoms with Crippen molar-refractivity contribution in [2.75, 3.05) is 33.2 Å². The molecule has 0 bridgehead atoms. The lowest BCUT2D eigenvalue weighted by atomic mass is 10.1. The highest BCUT2D eigenvalue weighted by atomic mass is 127. The Bertz CT molecular complexity index is 539. The SMILES string of the molecule is CCN(CC)CCCC(C)NC(=NC)NCC(C)Cn1nc(C)cc1C.I. The molecule has 1 aromatic heterocycles. The van der Waals surface area contributed by atoms with Crippen molar-refractivity contribution in [3.8, 4) is 0 Å². The molecule has 0 saturated carbocycles. The van der Waals surface area contributed by atoms with Gasteiger partial charge in [-0.15, -0.1) is 24.0 Å². The molecule has 6 nitrogen and oxygen atoms in total. The van der Waals surface area contributed by atoms with Crippen LogP contribution in [0.15, 0.2) is 11.1 Å². The van der Waals surface area contributed by atoms with Crippen molar-refractivity contribution in [1.82, 2.24) is 25.3 Å². The van der Waals surface area contributed by atoms with Crippen molar-refractivity contribution in [2.24, 2.45) is 10.9 Å². The van der Waals surface area contributed by atoms with Crippen LogP contribution in [0.25, 0.3) is 0 Å². The van der Waals surface area contributed by atoms with Crippen LogP contribution in [0.1, 0.15) is 51.9 Å². The van der Waals surface area contributed by atoms with Crippen LogP contribution in [0.2, 0.25) is 0 Å². The number of aryl methyl sites for hydroxylation is 2. The summed E-state index contributed by atoms with van der Waals surface area (Å²) in [6.45, 7) is 18.3. The fraction of sp³-hybridized carbons (Fsp3) is 0.800. The highest BCUT2D eigenvalue weighted by Gasteiger charge is 2.10. The maximum atomic E-state index is 4.55. The smallest absolute Gasteiger partial charge is 0.191 e. The molecule has 0 saturated heterocycles. The minimum atomic E-state index is 0. The summed E-state index contributed by atoms with van der Waals surface area (Å²) in [5.74, 6) is 1.37. The minimum Gasteiger partial charge on any atom is -0.356 e. The third kappa shape index (κ3) is 10.3. The zero-order valence-electron chi connectivity index (χ0n) is 18.4. The lowest BCUT2D eigenvalue weighted by Crippen LogP contribution is -2.44. The van der Waals surface area contributed by atoms with Crippen molar-refractivity contribution in [1.29, 1.82) is 0 Å². The average Bonchev–Trinajstić information content (AvgIpc) is 2.92. The Morgan fingerprint density at radius 2 is 1.93 bits per heavy atom. The van der Waals surface area contributed by atoms with E-state index in [2.05, 4.69) is 71.0 Å². The van der Waals surface area contributed by atoms with Gasteiger partial charge in [-0.2, -0.15) is 5.10 Å². The summed E-state index contributed by atoms with van der Waals surface area (Å²) in [5, 5.41) is 11.5. The number of guanidine groups is 1. The van der Waals surface area contributed by atoms with Crippen LogP contribution in [-0.4, -0.2) is 59.9 Å². The molecule has 0 aliphatic heterocycles. The fourth-order valence-electron chi connectivity index (χ4n) is 3.15. The van der Waals surface area contributed by atoms with Crippen molar-refractivity contribution >= 4 is 29.9 Å². The first-order valence-electron chi connectivity index (χ1n) is 10.1. The number of nitrogens with one attached hydrogen (secondary N) is 2. The summed E-state index contributed by atoms with van der Waals surface area (Å²) >= 11 is 0. The number of hydrogen-bond donors (Lipinski definition) is 2.